The van der Waals surface area contributed by atoms with Crippen LogP contribution in [0.4, 0.5) is 5.69 Å². The molecule has 0 fully saturated rings. The molecule has 1 rings (SSSR count). The van der Waals surface area contributed by atoms with E-state index in [1.807, 2.05) is 0 Å². The molecule has 0 saturated carbocycles. The molecule has 0 aromatic heterocycles. The molecule has 100 valence electrons. The van der Waals surface area contributed by atoms with Gasteiger partial charge >= 0.3 is 0 Å². The van der Waals surface area contributed by atoms with Crippen LogP contribution in [0.1, 0.15) is 13.8 Å². The first-order chi connectivity index (χ1) is 8.39. The van der Waals surface area contributed by atoms with Crippen LogP contribution < -0.4 is 9.47 Å². The molecule has 0 aliphatic rings. The number of alkyl halides is 1. The molecule has 0 atom stereocenters. The number of hydrogen-bond acceptors (Lipinski definition) is 4. The molecule has 0 amide bonds. The summed E-state index contributed by atoms with van der Waals surface area (Å²) in [5, 5.41) is 11.4. The first kappa shape index (κ1) is 14.8. The monoisotopic (exact) mass is 317 g/mol. The molecule has 0 radical (unpaired) electrons. The summed E-state index contributed by atoms with van der Waals surface area (Å²) in [4.78, 5) is 10.2. The van der Waals surface area contributed by atoms with E-state index in [1.165, 1.54) is 19.2 Å². The molecule has 6 heteroatoms. The molecule has 0 unspecified atom stereocenters. The van der Waals surface area contributed by atoms with E-state index in [2.05, 4.69) is 29.8 Å². The molecule has 0 N–H and O–H groups in total. The van der Waals surface area contributed by atoms with Gasteiger partial charge < -0.3 is 9.47 Å². The Morgan fingerprint density at radius 1 is 1.39 bits per heavy atom. The second kappa shape index (κ2) is 6.04. The maximum atomic E-state index is 10.6. The summed E-state index contributed by atoms with van der Waals surface area (Å²) in [7, 11) is 1.46. The maximum Gasteiger partial charge on any atom is 0.273 e. The van der Waals surface area contributed by atoms with Gasteiger partial charge in [-0.05, 0) is 6.07 Å². The molecule has 18 heavy (non-hydrogen) atoms. The highest BCUT2D eigenvalue weighted by Gasteiger charge is 2.19. The Kier molecular flexibility index (Phi) is 4.95. The van der Waals surface area contributed by atoms with Crippen molar-refractivity contribution in [3.63, 3.8) is 0 Å². The van der Waals surface area contributed by atoms with Gasteiger partial charge in [-0.2, -0.15) is 0 Å². The molecule has 0 aliphatic heterocycles. The zero-order chi connectivity index (χ0) is 13.8. The molecule has 0 bridgehead atoms. The lowest BCUT2D eigenvalue weighted by atomic mass is 9.98. The summed E-state index contributed by atoms with van der Waals surface area (Å²) in [5.41, 5.74) is -0.0359. The third-order valence-electron chi connectivity index (χ3n) is 2.34. The number of methoxy groups -OCH3 is 1. The lowest BCUT2D eigenvalue weighted by molar-refractivity contribution is -0.384. The van der Waals surface area contributed by atoms with Crippen LogP contribution in [0.2, 0.25) is 0 Å². The van der Waals surface area contributed by atoms with Crippen molar-refractivity contribution in [2.24, 2.45) is 5.41 Å². The summed E-state index contributed by atoms with van der Waals surface area (Å²) in [6, 6.07) is 4.32. The van der Waals surface area contributed by atoms with Crippen LogP contribution in [-0.4, -0.2) is 24.0 Å². The largest absolute Gasteiger partial charge is 0.493 e. The van der Waals surface area contributed by atoms with Crippen molar-refractivity contribution in [1.29, 1.82) is 0 Å². The van der Waals surface area contributed by atoms with Crippen molar-refractivity contribution in [3.05, 3.63) is 28.3 Å². The van der Waals surface area contributed by atoms with E-state index in [-0.39, 0.29) is 11.1 Å². The van der Waals surface area contributed by atoms with Gasteiger partial charge in [0.25, 0.3) is 5.69 Å². The highest BCUT2D eigenvalue weighted by molar-refractivity contribution is 9.09. The van der Waals surface area contributed by atoms with E-state index in [4.69, 9.17) is 9.47 Å². The number of nitro groups is 1. The number of benzene rings is 1. The van der Waals surface area contributed by atoms with E-state index in [0.29, 0.717) is 18.1 Å². The number of non-ortho nitro benzene ring substituents is 1. The fourth-order valence-electron chi connectivity index (χ4n) is 1.20. The number of hydrogen-bond donors (Lipinski definition) is 0. The first-order valence-corrected chi connectivity index (χ1v) is 6.53. The zero-order valence-electron chi connectivity index (χ0n) is 10.6. The van der Waals surface area contributed by atoms with Gasteiger partial charge in [-0.15, -0.1) is 0 Å². The number of rotatable bonds is 6. The molecule has 0 aliphatic carbocycles. The summed E-state index contributed by atoms with van der Waals surface area (Å²) in [6.45, 7) is 4.60. The van der Waals surface area contributed by atoms with E-state index >= 15 is 0 Å². The average Bonchev–Trinajstić information content (AvgIpc) is 2.36. The number of nitrogens with zero attached hydrogens (tertiary/aromatic N) is 1. The molecule has 0 heterocycles. The third-order valence-corrected chi connectivity index (χ3v) is 3.86. The molecule has 1 aromatic carbocycles. The van der Waals surface area contributed by atoms with Crippen LogP contribution in [0.3, 0.4) is 0 Å². The van der Waals surface area contributed by atoms with Crippen LogP contribution in [-0.2, 0) is 0 Å². The molecule has 5 nitrogen and oxygen atoms in total. The molecular formula is C12H16BrNO4. The van der Waals surface area contributed by atoms with Gasteiger partial charge in [-0.3, -0.25) is 10.1 Å². The second-order valence-electron chi connectivity index (χ2n) is 4.68. The topological polar surface area (TPSA) is 61.6 Å². The Bertz CT molecular complexity index is 434. The van der Waals surface area contributed by atoms with Crippen molar-refractivity contribution in [2.75, 3.05) is 19.0 Å². The Hall–Kier alpha value is -1.30. The lowest BCUT2D eigenvalue weighted by Crippen LogP contribution is -2.22. The van der Waals surface area contributed by atoms with Crippen LogP contribution in [0.25, 0.3) is 0 Å². The number of nitro benzene ring substituents is 1. The fourth-order valence-corrected chi connectivity index (χ4v) is 1.36. The van der Waals surface area contributed by atoms with Gasteiger partial charge in [0.05, 0.1) is 24.7 Å². The van der Waals surface area contributed by atoms with Crippen LogP contribution in [0, 0.1) is 15.5 Å². The van der Waals surface area contributed by atoms with Crippen LogP contribution >= 0.6 is 15.9 Å². The van der Waals surface area contributed by atoms with Gasteiger partial charge in [-0.25, -0.2) is 0 Å². The highest BCUT2D eigenvalue weighted by atomic mass is 79.9. The Morgan fingerprint density at radius 3 is 2.56 bits per heavy atom. The van der Waals surface area contributed by atoms with Crippen LogP contribution in [0.5, 0.6) is 11.5 Å². The van der Waals surface area contributed by atoms with E-state index in [1.54, 1.807) is 6.07 Å². The fraction of sp³-hybridized carbons (Fsp3) is 0.500. The maximum absolute atomic E-state index is 10.6. The van der Waals surface area contributed by atoms with Gasteiger partial charge in [0.1, 0.15) is 0 Å². The minimum Gasteiger partial charge on any atom is -0.493 e. The number of ether oxygens (including phenoxy) is 2. The summed E-state index contributed by atoms with van der Waals surface area (Å²) in [6.07, 6.45) is 0. The zero-order valence-corrected chi connectivity index (χ0v) is 12.2. The predicted octanol–water partition coefficient (Wildman–Crippen LogP) is 3.40. The standard InChI is InChI=1S/C12H16BrNO4/c1-12(2,7-13)8-18-10-5-4-9(14(15)16)6-11(10)17-3/h4-6H,7-8H2,1-3H3. The average molecular weight is 318 g/mol. The summed E-state index contributed by atoms with van der Waals surface area (Å²) < 4.78 is 10.7. The Balaban J connectivity index is 2.86. The van der Waals surface area contributed by atoms with E-state index < -0.39 is 4.92 Å². The van der Waals surface area contributed by atoms with E-state index in [0.717, 1.165) is 5.33 Å². The van der Waals surface area contributed by atoms with Crippen molar-refractivity contribution < 1.29 is 14.4 Å². The molecule has 1 aromatic rings. The predicted molar refractivity (Wildman–Crippen MR) is 72.7 cm³/mol. The Labute approximate surface area is 114 Å². The SMILES string of the molecule is COc1cc([N+](=O)[O-])ccc1OCC(C)(C)CBr. The van der Waals surface area contributed by atoms with Gasteiger partial charge in [0.2, 0.25) is 0 Å². The van der Waals surface area contributed by atoms with Crippen molar-refractivity contribution in [2.45, 2.75) is 13.8 Å². The van der Waals surface area contributed by atoms with Gasteiger partial charge in [0, 0.05) is 16.8 Å². The minimum atomic E-state index is -0.464. The quantitative estimate of drug-likeness (QED) is 0.458. The highest BCUT2D eigenvalue weighted by Crippen LogP contribution is 2.32. The number of halogens is 1. The second-order valence-corrected chi connectivity index (χ2v) is 5.24. The minimum absolute atomic E-state index is 0.0149. The molecule has 0 saturated heterocycles. The summed E-state index contributed by atoms with van der Waals surface area (Å²) in [5.74, 6) is 0.881. The van der Waals surface area contributed by atoms with Gasteiger partial charge in [0.15, 0.2) is 11.5 Å². The smallest absolute Gasteiger partial charge is 0.273 e. The normalized spacial score (nSPS) is 11.1. The van der Waals surface area contributed by atoms with Crippen molar-refractivity contribution >= 4 is 21.6 Å². The molecular weight excluding hydrogens is 302 g/mol. The Morgan fingerprint density at radius 2 is 2.06 bits per heavy atom. The summed E-state index contributed by atoms with van der Waals surface area (Å²) >= 11 is 3.41. The third kappa shape index (κ3) is 3.87. The molecule has 0 spiro atoms. The van der Waals surface area contributed by atoms with Gasteiger partial charge in [-0.1, -0.05) is 29.8 Å². The van der Waals surface area contributed by atoms with Crippen molar-refractivity contribution in [3.8, 4) is 11.5 Å². The first-order valence-electron chi connectivity index (χ1n) is 5.41. The van der Waals surface area contributed by atoms with Crippen LogP contribution in [0.15, 0.2) is 18.2 Å². The van der Waals surface area contributed by atoms with Crippen molar-refractivity contribution in [1.82, 2.24) is 0 Å². The lowest BCUT2D eigenvalue weighted by Gasteiger charge is -2.22. The van der Waals surface area contributed by atoms with E-state index in [9.17, 15) is 10.1 Å².